The van der Waals surface area contributed by atoms with E-state index in [-0.39, 0.29) is 10.8 Å². The minimum atomic E-state index is -0.182. The molecule has 1 unspecified atom stereocenters. The summed E-state index contributed by atoms with van der Waals surface area (Å²) in [6.45, 7) is 14.0. The fourth-order valence-corrected chi connectivity index (χ4v) is 3.90. The van der Waals surface area contributed by atoms with Gasteiger partial charge in [-0.25, -0.2) is 0 Å². The second kappa shape index (κ2) is 12.8. The predicted octanol–water partition coefficient (Wildman–Crippen LogP) is 7.02. The Kier molecular flexibility index (Phi) is 12.5. The minimum absolute atomic E-state index is 0.137. The number of carbonyl (C=O) groups is 2. The van der Waals surface area contributed by atoms with E-state index in [1.165, 1.54) is 31.4 Å². The average molecular weight is 383 g/mol. The first-order valence-corrected chi connectivity index (χ1v) is 11.4. The van der Waals surface area contributed by atoms with E-state index in [1.54, 1.807) is 0 Å². The van der Waals surface area contributed by atoms with Gasteiger partial charge in [0.15, 0.2) is 0 Å². The van der Waals surface area contributed by atoms with E-state index in [0.717, 1.165) is 24.5 Å². The van der Waals surface area contributed by atoms with Gasteiger partial charge >= 0.3 is 0 Å². The number of hydrogen-bond acceptors (Lipinski definition) is 3. The first kappa shape index (κ1) is 25.4. The van der Waals surface area contributed by atoms with Crippen LogP contribution >= 0.6 is 11.8 Å². The van der Waals surface area contributed by atoms with Crippen molar-refractivity contribution in [2.24, 2.45) is 10.8 Å². The average Bonchev–Trinajstić information content (AvgIpc) is 3.03. The highest BCUT2D eigenvalue weighted by molar-refractivity contribution is 8.00. The second-order valence-corrected chi connectivity index (χ2v) is 10.7. The van der Waals surface area contributed by atoms with Gasteiger partial charge in [-0.3, -0.25) is 9.59 Å². The molecule has 2 nitrogen and oxygen atoms in total. The van der Waals surface area contributed by atoms with Gasteiger partial charge in [-0.05, 0) is 37.9 Å². The summed E-state index contributed by atoms with van der Waals surface area (Å²) in [6, 6.07) is 0. The van der Waals surface area contributed by atoms with Crippen molar-refractivity contribution in [3.8, 4) is 0 Å². The lowest BCUT2D eigenvalue weighted by atomic mass is 9.88. The normalized spacial score (nSPS) is 17.9. The molecule has 0 bridgehead atoms. The van der Waals surface area contributed by atoms with Crippen LogP contribution in [-0.2, 0) is 9.59 Å². The summed E-state index contributed by atoms with van der Waals surface area (Å²) in [5.41, 5.74) is -0.319. The molecular formula is C23H42O2S. The maximum absolute atomic E-state index is 11.7. The number of Topliss-reactive ketones (excluding diaryl/α,β-unsaturated/α-hetero) is 2. The Hall–Kier alpha value is -0.570. The largest absolute Gasteiger partial charge is 0.299 e. The standard InChI is InChI=1S/C13H24OS.C10H18O/c1-13(2,3)12(14)9-5-4-7-11-8-6-10-15-11;1-5-6-7-8-9(11)10(2,3)4/h11H,4-10H2,1-3H3;6-7H,5,8H2,1-4H3/b;7-6-. The zero-order chi connectivity index (χ0) is 20.2. The molecule has 1 rings (SSSR count). The monoisotopic (exact) mass is 382 g/mol. The maximum Gasteiger partial charge on any atom is 0.141 e. The quantitative estimate of drug-likeness (QED) is 0.334. The molecule has 1 fully saturated rings. The van der Waals surface area contributed by atoms with Gasteiger partial charge in [-0.15, -0.1) is 0 Å². The van der Waals surface area contributed by atoms with Gasteiger partial charge in [0.05, 0.1) is 0 Å². The Balaban J connectivity index is 0.000000508. The summed E-state index contributed by atoms with van der Waals surface area (Å²) < 4.78 is 0. The van der Waals surface area contributed by atoms with Crippen LogP contribution in [0.4, 0.5) is 0 Å². The second-order valence-electron chi connectivity index (χ2n) is 9.31. The van der Waals surface area contributed by atoms with E-state index in [9.17, 15) is 9.59 Å². The zero-order valence-electron chi connectivity index (χ0n) is 18.3. The number of unbranched alkanes of at least 4 members (excludes halogenated alkanes) is 1. The van der Waals surface area contributed by atoms with Crippen molar-refractivity contribution in [3.63, 3.8) is 0 Å². The molecule has 0 aromatic carbocycles. The van der Waals surface area contributed by atoms with Gasteiger partial charge < -0.3 is 0 Å². The topological polar surface area (TPSA) is 34.1 Å². The molecule has 0 amide bonds. The predicted molar refractivity (Wildman–Crippen MR) is 117 cm³/mol. The Morgan fingerprint density at radius 3 is 2.04 bits per heavy atom. The van der Waals surface area contributed by atoms with E-state index >= 15 is 0 Å². The first-order valence-electron chi connectivity index (χ1n) is 10.3. The molecule has 3 heteroatoms. The van der Waals surface area contributed by atoms with Crippen LogP contribution in [-0.4, -0.2) is 22.6 Å². The van der Waals surface area contributed by atoms with Crippen molar-refractivity contribution in [1.29, 1.82) is 0 Å². The van der Waals surface area contributed by atoms with Crippen LogP contribution in [0.2, 0.25) is 0 Å². The highest BCUT2D eigenvalue weighted by Gasteiger charge is 2.21. The lowest BCUT2D eigenvalue weighted by Crippen LogP contribution is -2.19. The maximum atomic E-state index is 11.7. The van der Waals surface area contributed by atoms with Crippen molar-refractivity contribution >= 4 is 23.3 Å². The van der Waals surface area contributed by atoms with Crippen LogP contribution in [0.25, 0.3) is 0 Å². The number of allylic oxidation sites excluding steroid dienone is 2. The van der Waals surface area contributed by atoms with Crippen molar-refractivity contribution in [2.45, 2.75) is 105 Å². The third-order valence-electron chi connectivity index (χ3n) is 4.58. The molecular weight excluding hydrogens is 340 g/mol. The molecule has 1 aliphatic rings. The van der Waals surface area contributed by atoms with E-state index in [4.69, 9.17) is 0 Å². The first-order chi connectivity index (χ1) is 12.0. The Bertz CT molecular complexity index is 432. The molecule has 1 aliphatic heterocycles. The van der Waals surface area contributed by atoms with Gasteiger partial charge in [-0.1, -0.05) is 67.0 Å². The number of hydrogen-bond donors (Lipinski definition) is 0. The van der Waals surface area contributed by atoms with E-state index < -0.39 is 0 Å². The van der Waals surface area contributed by atoms with Crippen molar-refractivity contribution in [1.82, 2.24) is 0 Å². The van der Waals surface area contributed by atoms with Gasteiger partial charge in [0.1, 0.15) is 11.6 Å². The number of ketones is 2. The van der Waals surface area contributed by atoms with Crippen LogP contribution in [0.3, 0.4) is 0 Å². The molecule has 152 valence electrons. The highest BCUT2D eigenvalue weighted by atomic mass is 32.2. The third kappa shape index (κ3) is 12.7. The van der Waals surface area contributed by atoms with Gasteiger partial charge in [0.25, 0.3) is 0 Å². The Morgan fingerprint density at radius 2 is 1.58 bits per heavy atom. The van der Waals surface area contributed by atoms with Gasteiger partial charge in [0, 0.05) is 28.9 Å². The van der Waals surface area contributed by atoms with Crippen molar-refractivity contribution < 1.29 is 9.59 Å². The summed E-state index contributed by atoms with van der Waals surface area (Å²) in [7, 11) is 0. The molecule has 0 radical (unpaired) electrons. The van der Waals surface area contributed by atoms with Crippen LogP contribution in [0.1, 0.15) is 99.8 Å². The molecule has 0 saturated carbocycles. The third-order valence-corrected chi connectivity index (χ3v) is 6.05. The molecule has 0 spiro atoms. The molecule has 0 aromatic rings. The molecule has 1 atom stereocenters. The molecule has 1 heterocycles. The number of thioether (sulfide) groups is 1. The summed E-state index contributed by atoms with van der Waals surface area (Å²) in [4.78, 5) is 22.9. The molecule has 0 aliphatic carbocycles. The fraction of sp³-hybridized carbons (Fsp3) is 0.826. The molecule has 1 saturated heterocycles. The Labute approximate surface area is 167 Å². The molecule has 0 N–H and O–H groups in total. The lowest BCUT2D eigenvalue weighted by Gasteiger charge is -2.16. The molecule has 0 aromatic heterocycles. The van der Waals surface area contributed by atoms with Crippen LogP contribution in [0.15, 0.2) is 12.2 Å². The van der Waals surface area contributed by atoms with Crippen LogP contribution in [0.5, 0.6) is 0 Å². The number of carbonyl (C=O) groups excluding carboxylic acids is 2. The smallest absolute Gasteiger partial charge is 0.141 e. The van der Waals surface area contributed by atoms with Crippen LogP contribution < -0.4 is 0 Å². The molecule has 26 heavy (non-hydrogen) atoms. The summed E-state index contributed by atoms with van der Waals surface area (Å²) in [5, 5.41) is 0.898. The summed E-state index contributed by atoms with van der Waals surface area (Å²) in [5.74, 6) is 2.08. The van der Waals surface area contributed by atoms with Crippen LogP contribution in [0, 0.1) is 10.8 Å². The van der Waals surface area contributed by atoms with Crippen molar-refractivity contribution in [3.05, 3.63) is 12.2 Å². The fourth-order valence-electron chi connectivity index (χ4n) is 2.57. The number of rotatable bonds is 8. The van der Waals surface area contributed by atoms with E-state index in [0.29, 0.717) is 18.0 Å². The highest BCUT2D eigenvalue weighted by Crippen LogP contribution is 2.30. The van der Waals surface area contributed by atoms with Crippen molar-refractivity contribution in [2.75, 3.05) is 5.75 Å². The van der Waals surface area contributed by atoms with E-state index in [2.05, 4.69) is 18.7 Å². The summed E-state index contributed by atoms with van der Waals surface area (Å²) in [6.07, 6.45) is 12.8. The van der Waals surface area contributed by atoms with E-state index in [1.807, 2.05) is 53.7 Å². The zero-order valence-corrected chi connectivity index (χ0v) is 19.1. The SMILES string of the molecule is CC(C)(C)C(=O)CCCCC1CCCS1.CC/C=C\CC(=O)C(C)(C)C. The minimum Gasteiger partial charge on any atom is -0.299 e. The van der Waals surface area contributed by atoms with Gasteiger partial charge in [0.2, 0.25) is 0 Å². The van der Waals surface area contributed by atoms with Gasteiger partial charge in [-0.2, -0.15) is 11.8 Å². The Morgan fingerprint density at radius 1 is 0.962 bits per heavy atom. The lowest BCUT2D eigenvalue weighted by molar-refractivity contribution is -0.126. The summed E-state index contributed by atoms with van der Waals surface area (Å²) >= 11 is 2.12.